The van der Waals surface area contributed by atoms with E-state index in [9.17, 15) is 0 Å². The number of hydrogen-bond acceptors (Lipinski definition) is 2. The maximum absolute atomic E-state index is 6.70. The Morgan fingerprint density at radius 3 is 1.85 bits per heavy atom. The minimum atomic E-state index is -0.0981. The summed E-state index contributed by atoms with van der Waals surface area (Å²) < 4.78 is 13.0. The molecule has 2 aliphatic rings. The molecule has 20 heavy (non-hydrogen) atoms. The third-order valence-corrected chi connectivity index (χ3v) is 4.69. The minimum Gasteiger partial charge on any atom is -0.372 e. The van der Waals surface area contributed by atoms with Gasteiger partial charge in [0, 0.05) is 5.92 Å². The van der Waals surface area contributed by atoms with E-state index in [1.54, 1.807) is 0 Å². The summed E-state index contributed by atoms with van der Waals surface area (Å²) in [6, 6.07) is 0. The lowest BCUT2D eigenvalue weighted by molar-refractivity contribution is -0.185. The van der Waals surface area contributed by atoms with Gasteiger partial charge in [-0.25, -0.2) is 0 Å². The van der Waals surface area contributed by atoms with Crippen molar-refractivity contribution in [2.24, 2.45) is 22.2 Å². The fraction of sp³-hybridized carbons (Fsp3) is 1.00. The smallest absolute Gasteiger partial charge is 0.0983 e. The molecule has 2 nitrogen and oxygen atoms in total. The van der Waals surface area contributed by atoms with Crippen molar-refractivity contribution >= 4 is 0 Å². The van der Waals surface area contributed by atoms with E-state index in [1.165, 1.54) is 0 Å². The van der Waals surface area contributed by atoms with Crippen molar-refractivity contribution in [1.29, 1.82) is 0 Å². The van der Waals surface area contributed by atoms with Crippen LogP contribution in [0.15, 0.2) is 0 Å². The first-order valence-corrected chi connectivity index (χ1v) is 8.06. The molecule has 1 unspecified atom stereocenters. The summed E-state index contributed by atoms with van der Waals surface area (Å²) in [4.78, 5) is 0. The van der Waals surface area contributed by atoms with Crippen molar-refractivity contribution in [3.05, 3.63) is 0 Å². The van der Waals surface area contributed by atoms with E-state index in [0.717, 1.165) is 13.0 Å². The van der Waals surface area contributed by atoms with Gasteiger partial charge in [-0.2, -0.15) is 0 Å². The van der Waals surface area contributed by atoms with Crippen molar-refractivity contribution in [3.63, 3.8) is 0 Å². The highest BCUT2D eigenvalue weighted by molar-refractivity contribution is 5.13. The monoisotopic (exact) mass is 282 g/mol. The van der Waals surface area contributed by atoms with Gasteiger partial charge in [-0.3, -0.25) is 0 Å². The van der Waals surface area contributed by atoms with E-state index in [-0.39, 0.29) is 34.1 Å². The van der Waals surface area contributed by atoms with Gasteiger partial charge in [0.2, 0.25) is 0 Å². The zero-order valence-corrected chi connectivity index (χ0v) is 15.0. The van der Waals surface area contributed by atoms with E-state index in [1.807, 2.05) is 0 Å². The van der Waals surface area contributed by atoms with Gasteiger partial charge in [0.05, 0.1) is 24.4 Å². The van der Waals surface area contributed by atoms with Gasteiger partial charge in [0.25, 0.3) is 0 Å². The van der Waals surface area contributed by atoms with Crippen LogP contribution in [0.2, 0.25) is 0 Å². The SMILES string of the molecule is CC(C)(C)C[C@]12CO[C@@H](C1C(C)(C)C)[C@H](C(C)(C)C)O2. The highest BCUT2D eigenvalue weighted by Gasteiger charge is 2.66. The first-order valence-electron chi connectivity index (χ1n) is 8.06. The van der Waals surface area contributed by atoms with Crippen LogP contribution in [0.25, 0.3) is 0 Å². The largest absolute Gasteiger partial charge is 0.372 e. The van der Waals surface area contributed by atoms with E-state index < -0.39 is 0 Å². The summed E-state index contributed by atoms with van der Waals surface area (Å²) in [5, 5.41) is 0. The maximum atomic E-state index is 6.70. The van der Waals surface area contributed by atoms with Crippen LogP contribution in [-0.4, -0.2) is 24.4 Å². The molecular weight excluding hydrogens is 248 g/mol. The Morgan fingerprint density at radius 1 is 0.900 bits per heavy atom. The molecule has 0 aromatic heterocycles. The van der Waals surface area contributed by atoms with E-state index in [2.05, 4.69) is 62.3 Å². The Labute approximate surface area is 125 Å². The molecule has 0 aromatic carbocycles. The van der Waals surface area contributed by atoms with Crippen molar-refractivity contribution < 1.29 is 9.47 Å². The lowest BCUT2D eigenvalue weighted by Crippen LogP contribution is -2.46. The Hall–Kier alpha value is -0.0800. The summed E-state index contributed by atoms with van der Waals surface area (Å²) >= 11 is 0. The second kappa shape index (κ2) is 4.46. The van der Waals surface area contributed by atoms with Crippen LogP contribution in [0.3, 0.4) is 0 Å². The fourth-order valence-corrected chi connectivity index (χ4v) is 4.46. The van der Waals surface area contributed by atoms with Gasteiger partial charge in [-0.15, -0.1) is 0 Å². The van der Waals surface area contributed by atoms with Crippen LogP contribution in [0.1, 0.15) is 68.7 Å². The second-order valence-electron chi connectivity index (χ2n) is 10.3. The lowest BCUT2D eigenvalue weighted by Gasteiger charge is -2.41. The molecule has 2 saturated heterocycles. The molecule has 2 aliphatic heterocycles. The predicted molar refractivity (Wildman–Crippen MR) is 83.8 cm³/mol. The summed E-state index contributed by atoms with van der Waals surface area (Å²) in [6.07, 6.45) is 1.53. The van der Waals surface area contributed by atoms with Gasteiger partial charge in [0.15, 0.2) is 0 Å². The zero-order valence-electron chi connectivity index (χ0n) is 15.0. The maximum Gasteiger partial charge on any atom is 0.0983 e. The molecule has 0 spiro atoms. The Balaban J connectivity index is 2.39. The normalized spacial score (nSPS) is 38.5. The third kappa shape index (κ3) is 2.78. The fourth-order valence-electron chi connectivity index (χ4n) is 4.46. The minimum absolute atomic E-state index is 0.0981. The number of hydrogen-bond donors (Lipinski definition) is 0. The number of rotatable bonds is 1. The molecule has 0 aromatic rings. The van der Waals surface area contributed by atoms with Crippen molar-refractivity contribution in [3.8, 4) is 0 Å². The molecule has 0 aliphatic carbocycles. The van der Waals surface area contributed by atoms with Gasteiger partial charge in [0.1, 0.15) is 0 Å². The van der Waals surface area contributed by atoms with Crippen LogP contribution in [0.4, 0.5) is 0 Å². The van der Waals surface area contributed by atoms with E-state index in [0.29, 0.717) is 5.92 Å². The highest BCUT2D eigenvalue weighted by atomic mass is 16.6. The van der Waals surface area contributed by atoms with Crippen molar-refractivity contribution in [2.75, 3.05) is 6.61 Å². The molecule has 0 N–H and O–H groups in total. The quantitative estimate of drug-likeness (QED) is 0.696. The molecule has 2 heterocycles. The first kappa shape index (κ1) is 16.3. The zero-order chi connectivity index (χ0) is 15.6. The summed E-state index contributed by atoms with van der Waals surface area (Å²) in [5.74, 6) is 0.485. The van der Waals surface area contributed by atoms with Crippen LogP contribution < -0.4 is 0 Å². The van der Waals surface area contributed by atoms with Crippen LogP contribution >= 0.6 is 0 Å². The summed E-state index contributed by atoms with van der Waals surface area (Å²) in [7, 11) is 0. The highest BCUT2D eigenvalue weighted by Crippen LogP contribution is 2.58. The Morgan fingerprint density at radius 2 is 1.45 bits per heavy atom. The van der Waals surface area contributed by atoms with Crippen molar-refractivity contribution in [2.45, 2.75) is 86.5 Å². The molecule has 4 atom stereocenters. The van der Waals surface area contributed by atoms with Crippen molar-refractivity contribution in [1.82, 2.24) is 0 Å². The third-order valence-electron chi connectivity index (χ3n) is 4.69. The molecular formula is C18H34O2. The van der Waals surface area contributed by atoms with Gasteiger partial charge >= 0.3 is 0 Å². The van der Waals surface area contributed by atoms with Gasteiger partial charge < -0.3 is 9.47 Å². The molecule has 2 bridgehead atoms. The molecule has 0 amide bonds. The van der Waals surface area contributed by atoms with Crippen LogP contribution in [0, 0.1) is 22.2 Å². The average Bonchev–Trinajstić information content (AvgIpc) is 2.63. The summed E-state index contributed by atoms with van der Waals surface area (Å²) in [6.45, 7) is 21.5. The molecule has 2 fully saturated rings. The molecule has 118 valence electrons. The second-order valence-corrected chi connectivity index (χ2v) is 10.3. The number of fused-ring (bicyclic) bond motifs is 2. The van der Waals surface area contributed by atoms with Gasteiger partial charge in [-0.05, 0) is 22.7 Å². The molecule has 0 saturated carbocycles. The predicted octanol–water partition coefficient (Wildman–Crippen LogP) is 4.67. The summed E-state index contributed by atoms with van der Waals surface area (Å²) in [5.41, 5.74) is 0.508. The van der Waals surface area contributed by atoms with E-state index >= 15 is 0 Å². The topological polar surface area (TPSA) is 18.5 Å². The lowest BCUT2D eigenvalue weighted by atomic mass is 9.65. The van der Waals surface area contributed by atoms with Crippen LogP contribution in [0.5, 0.6) is 0 Å². The van der Waals surface area contributed by atoms with E-state index in [4.69, 9.17) is 9.47 Å². The first-order chi connectivity index (χ1) is 8.76. The molecule has 2 rings (SSSR count). The Bertz CT molecular complexity index is 366. The van der Waals surface area contributed by atoms with Crippen LogP contribution in [-0.2, 0) is 9.47 Å². The number of ether oxygens (including phenoxy) is 2. The standard InChI is InChI=1S/C18H34O2/c1-15(2,3)10-18-11-19-12(13(18)16(4,5)6)14(20-18)17(7,8)9/h12-14H,10-11H2,1-9H3/t12-,13?,14+,18-/m0/s1. The Kier molecular flexibility index (Phi) is 3.63. The average molecular weight is 282 g/mol. The molecule has 2 heteroatoms. The molecule has 0 radical (unpaired) electrons. The van der Waals surface area contributed by atoms with Gasteiger partial charge in [-0.1, -0.05) is 62.3 Å².